The Labute approximate surface area is 152 Å². The van der Waals surface area contributed by atoms with E-state index in [1.54, 1.807) is 37.3 Å². The fourth-order valence-corrected chi connectivity index (χ4v) is 3.31. The molecule has 0 bridgehead atoms. The quantitative estimate of drug-likeness (QED) is 0.468. The number of nitrogens with zero attached hydrogens (tertiary/aromatic N) is 2. The minimum absolute atomic E-state index is 0.250. The second-order valence-electron chi connectivity index (χ2n) is 6.84. The molecular formula is C20H22N2O4. The molecule has 0 aromatic heterocycles. The first-order valence-electron chi connectivity index (χ1n) is 8.66. The summed E-state index contributed by atoms with van der Waals surface area (Å²) in [6.07, 6.45) is 0.421. The first-order chi connectivity index (χ1) is 12.5. The number of hydrogen-bond acceptors (Lipinski definition) is 5. The van der Waals surface area contributed by atoms with Crippen molar-refractivity contribution in [2.75, 3.05) is 13.1 Å². The number of carbonyl (C=O) groups is 1. The summed E-state index contributed by atoms with van der Waals surface area (Å²) < 4.78 is 5.63. The van der Waals surface area contributed by atoms with Crippen LogP contribution in [0.2, 0.25) is 0 Å². The van der Waals surface area contributed by atoms with E-state index in [2.05, 4.69) is 0 Å². The van der Waals surface area contributed by atoms with Crippen LogP contribution >= 0.6 is 0 Å². The molecule has 3 rings (SSSR count). The van der Waals surface area contributed by atoms with Crippen LogP contribution in [0, 0.1) is 10.1 Å². The molecule has 1 aliphatic heterocycles. The molecule has 0 radical (unpaired) electrons. The lowest BCUT2D eigenvalue weighted by Gasteiger charge is -2.40. The Balaban J connectivity index is 1.71. The molecule has 2 aromatic carbocycles. The van der Waals surface area contributed by atoms with Crippen LogP contribution in [0.1, 0.15) is 29.3 Å². The third-order valence-electron chi connectivity index (χ3n) is 4.90. The van der Waals surface area contributed by atoms with Crippen LogP contribution in [-0.4, -0.2) is 40.5 Å². The van der Waals surface area contributed by atoms with Crippen molar-refractivity contribution >= 4 is 5.97 Å². The van der Waals surface area contributed by atoms with Crippen molar-refractivity contribution in [1.29, 1.82) is 0 Å². The molecule has 0 saturated carbocycles. The highest BCUT2D eigenvalue weighted by Gasteiger charge is 2.50. The third kappa shape index (κ3) is 4.08. The first-order valence-corrected chi connectivity index (χ1v) is 8.66. The topological polar surface area (TPSA) is 72.7 Å². The molecule has 2 aromatic rings. The van der Waals surface area contributed by atoms with E-state index in [0.29, 0.717) is 25.1 Å². The van der Waals surface area contributed by atoms with Gasteiger partial charge in [-0.2, -0.15) is 0 Å². The zero-order chi connectivity index (χ0) is 18.6. The number of likely N-dealkylation sites (tertiary alicyclic amines) is 1. The number of rotatable bonds is 5. The molecule has 1 fully saturated rings. The van der Waals surface area contributed by atoms with Crippen molar-refractivity contribution in [3.63, 3.8) is 0 Å². The average Bonchev–Trinajstić information content (AvgIpc) is 2.64. The Morgan fingerprint density at radius 2 is 1.81 bits per heavy atom. The molecule has 0 spiro atoms. The zero-order valence-electron chi connectivity index (χ0n) is 14.7. The van der Waals surface area contributed by atoms with Gasteiger partial charge in [0.25, 0.3) is 6.04 Å². The van der Waals surface area contributed by atoms with E-state index in [4.69, 9.17) is 4.74 Å². The van der Waals surface area contributed by atoms with Gasteiger partial charge in [-0.1, -0.05) is 48.5 Å². The number of piperidine rings is 1. The minimum atomic E-state index is -1.12. The molecule has 0 amide bonds. The van der Waals surface area contributed by atoms with E-state index in [9.17, 15) is 14.9 Å². The lowest BCUT2D eigenvalue weighted by Crippen LogP contribution is -2.58. The maximum absolute atomic E-state index is 12.4. The first kappa shape index (κ1) is 18.1. The van der Waals surface area contributed by atoms with E-state index >= 15 is 0 Å². The maximum Gasteiger partial charge on any atom is 0.338 e. The Morgan fingerprint density at radius 3 is 2.42 bits per heavy atom. The van der Waals surface area contributed by atoms with Gasteiger partial charge in [0.1, 0.15) is 0 Å². The summed E-state index contributed by atoms with van der Waals surface area (Å²) in [5.74, 6) is -0.517. The summed E-state index contributed by atoms with van der Waals surface area (Å²) >= 11 is 0. The van der Waals surface area contributed by atoms with Crippen molar-refractivity contribution in [2.45, 2.75) is 31.5 Å². The third-order valence-corrected chi connectivity index (χ3v) is 4.90. The molecule has 0 N–H and O–H groups in total. The van der Waals surface area contributed by atoms with Crippen LogP contribution in [0.3, 0.4) is 0 Å². The molecule has 2 atom stereocenters. The SMILES string of the molecule is CC1(OC(=O)c2ccccc2)CCN(Cc2ccccc2)CC1[N+](=O)[O-]. The molecule has 0 aliphatic carbocycles. The van der Waals surface area contributed by atoms with Gasteiger partial charge in [-0.25, -0.2) is 4.79 Å². The molecule has 136 valence electrons. The monoisotopic (exact) mass is 354 g/mol. The fraction of sp³-hybridized carbons (Fsp3) is 0.350. The maximum atomic E-state index is 12.4. The highest BCUT2D eigenvalue weighted by Crippen LogP contribution is 2.30. The summed E-state index contributed by atoms with van der Waals surface area (Å²) in [5.41, 5.74) is 0.394. The lowest BCUT2D eigenvalue weighted by atomic mass is 9.88. The molecular weight excluding hydrogens is 332 g/mol. The molecule has 6 heteroatoms. The second-order valence-corrected chi connectivity index (χ2v) is 6.84. The van der Waals surface area contributed by atoms with E-state index < -0.39 is 17.6 Å². The van der Waals surface area contributed by atoms with E-state index in [1.165, 1.54) is 0 Å². The number of esters is 1. The van der Waals surface area contributed by atoms with Crippen LogP contribution in [0.4, 0.5) is 0 Å². The molecule has 6 nitrogen and oxygen atoms in total. The normalized spacial score (nSPS) is 23.3. The Morgan fingerprint density at radius 1 is 1.19 bits per heavy atom. The second kappa shape index (κ2) is 7.66. The van der Waals surface area contributed by atoms with Gasteiger partial charge in [-0.15, -0.1) is 0 Å². The van der Waals surface area contributed by atoms with Gasteiger partial charge in [-0.05, 0) is 24.6 Å². The summed E-state index contributed by atoms with van der Waals surface area (Å²) in [7, 11) is 0. The Bertz CT molecular complexity index is 766. The fourth-order valence-electron chi connectivity index (χ4n) is 3.31. The van der Waals surface area contributed by atoms with Crippen molar-refractivity contribution in [1.82, 2.24) is 4.90 Å². The van der Waals surface area contributed by atoms with Gasteiger partial charge in [0.15, 0.2) is 5.60 Å². The predicted molar refractivity (Wildman–Crippen MR) is 97.4 cm³/mol. The highest BCUT2D eigenvalue weighted by molar-refractivity contribution is 5.89. The lowest BCUT2D eigenvalue weighted by molar-refractivity contribution is -0.548. The largest absolute Gasteiger partial charge is 0.448 e. The molecule has 1 saturated heterocycles. The van der Waals surface area contributed by atoms with Crippen LogP contribution in [0.5, 0.6) is 0 Å². The average molecular weight is 354 g/mol. The summed E-state index contributed by atoms with van der Waals surface area (Å²) in [6.45, 7) is 3.20. The van der Waals surface area contributed by atoms with Gasteiger partial charge < -0.3 is 4.74 Å². The van der Waals surface area contributed by atoms with Gasteiger partial charge in [0, 0.05) is 24.4 Å². The van der Waals surface area contributed by atoms with Crippen molar-refractivity contribution in [3.05, 3.63) is 81.9 Å². The van der Waals surface area contributed by atoms with Crippen LogP contribution in [0.25, 0.3) is 0 Å². The van der Waals surface area contributed by atoms with Gasteiger partial charge in [0.2, 0.25) is 0 Å². The minimum Gasteiger partial charge on any atom is -0.448 e. The van der Waals surface area contributed by atoms with E-state index in [0.717, 1.165) is 5.56 Å². The molecule has 1 heterocycles. The predicted octanol–water partition coefficient (Wildman–Crippen LogP) is 3.15. The molecule has 1 aliphatic rings. The summed E-state index contributed by atoms with van der Waals surface area (Å²) in [6, 6.07) is 17.5. The van der Waals surface area contributed by atoms with Crippen molar-refractivity contribution in [3.8, 4) is 0 Å². The van der Waals surface area contributed by atoms with Crippen LogP contribution in [0.15, 0.2) is 60.7 Å². The number of carbonyl (C=O) groups excluding carboxylic acids is 1. The Hall–Kier alpha value is -2.73. The summed E-state index contributed by atoms with van der Waals surface area (Å²) in [5, 5.41) is 11.7. The van der Waals surface area contributed by atoms with Gasteiger partial charge in [0.05, 0.1) is 12.1 Å². The smallest absolute Gasteiger partial charge is 0.338 e. The standard InChI is InChI=1S/C20H22N2O4/c1-20(26-19(23)17-10-6-3-7-11-17)12-13-21(15-18(20)22(24)25)14-16-8-4-2-5-9-16/h2-11,18H,12-15H2,1H3. The Kier molecular flexibility index (Phi) is 5.32. The van der Waals surface area contributed by atoms with Gasteiger partial charge >= 0.3 is 5.97 Å². The number of hydrogen-bond donors (Lipinski definition) is 0. The molecule has 2 unspecified atom stereocenters. The van der Waals surface area contributed by atoms with Crippen molar-refractivity contribution < 1.29 is 14.5 Å². The van der Waals surface area contributed by atoms with Crippen LogP contribution in [-0.2, 0) is 11.3 Å². The molecule has 26 heavy (non-hydrogen) atoms. The highest BCUT2D eigenvalue weighted by atomic mass is 16.6. The summed E-state index contributed by atoms with van der Waals surface area (Å²) in [4.78, 5) is 25.8. The van der Waals surface area contributed by atoms with E-state index in [1.807, 2.05) is 35.2 Å². The zero-order valence-corrected chi connectivity index (χ0v) is 14.7. The number of benzene rings is 2. The van der Waals surface area contributed by atoms with Gasteiger partial charge in [-0.3, -0.25) is 15.0 Å². The van der Waals surface area contributed by atoms with E-state index in [-0.39, 0.29) is 11.5 Å². The number of ether oxygens (including phenoxy) is 1. The van der Waals surface area contributed by atoms with Crippen molar-refractivity contribution in [2.24, 2.45) is 0 Å². The number of nitro groups is 1. The van der Waals surface area contributed by atoms with Crippen LogP contribution < -0.4 is 0 Å².